The van der Waals surface area contributed by atoms with Crippen molar-refractivity contribution in [1.29, 1.82) is 0 Å². The predicted molar refractivity (Wildman–Crippen MR) is 43.5 cm³/mol. The topological polar surface area (TPSA) is 43.4 Å². The molecule has 3 nitrogen and oxygen atoms in total. The number of ketones is 1. The number of methoxy groups -OCH3 is 1. The minimum Gasteiger partial charge on any atom is -0.468 e. The number of carbonyl (C=O) groups excluding carboxylic acids is 2. The van der Waals surface area contributed by atoms with Gasteiger partial charge in [-0.3, -0.25) is 9.59 Å². The SMILES string of the molecule is C=C1CC(C(C)=O)(C(=O)OC)C1. The molecule has 0 aromatic carbocycles. The molecule has 0 saturated heterocycles. The lowest BCUT2D eigenvalue weighted by Crippen LogP contribution is -2.45. The first-order valence-electron chi connectivity index (χ1n) is 3.79. The van der Waals surface area contributed by atoms with Gasteiger partial charge in [0.25, 0.3) is 0 Å². The summed E-state index contributed by atoms with van der Waals surface area (Å²) in [6, 6.07) is 0. The zero-order chi connectivity index (χ0) is 9.35. The molecule has 0 N–H and O–H groups in total. The third kappa shape index (κ3) is 1.05. The molecule has 0 aromatic rings. The second-order valence-corrected chi connectivity index (χ2v) is 3.23. The standard InChI is InChI=1S/C9H12O3/c1-6-4-9(5-6,7(2)10)8(11)12-3/h1,4-5H2,2-3H3. The smallest absolute Gasteiger partial charge is 0.320 e. The second-order valence-electron chi connectivity index (χ2n) is 3.23. The summed E-state index contributed by atoms with van der Waals surface area (Å²) in [5.74, 6) is -0.552. The Balaban J connectivity index is 2.83. The van der Waals surface area contributed by atoms with Crippen molar-refractivity contribution < 1.29 is 14.3 Å². The van der Waals surface area contributed by atoms with Gasteiger partial charge < -0.3 is 4.74 Å². The van der Waals surface area contributed by atoms with E-state index in [2.05, 4.69) is 11.3 Å². The summed E-state index contributed by atoms with van der Waals surface area (Å²) >= 11 is 0. The van der Waals surface area contributed by atoms with Gasteiger partial charge in [-0.15, -0.1) is 0 Å². The molecular formula is C9H12O3. The summed E-state index contributed by atoms with van der Waals surface area (Å²) < 4.78 is 4.57. The largest absolute Gasteiger partial charge is 0.468 e. The van der Waals surface area contributed by atoms with E-state index in [1.54, 1.807) is 0 Å². The second kappa shape index (κ2) is 2.73. The van der Waals surface area contributed by atoms with E-state index in [0.29, 0.717) is 12.8 Å². The fraction of sp³-hybridized carbons (Fsp3) is 0.556. The molecule has 1 fully saturated rings. The summed E-state index contributed by atoms with van der Waals surface area (Å²) in [5.41, 5.74) is 0.0434. The van der Waals surface area contributed by atoms with Gasteiger partial charge in [0.2, 0.25) is 0 Å². The van der Waals surface area contributed by atoms with Crippen LogP contribution < -0.4 is 0 Å². The monoisotopic (exact) mass is 168 g/mol. The van der Waals surface area contributed by atoms with Crippen molar-refractivity contribution in [2.75, 3.05) is 7.11 Å². The highest BCUT2D eigenvalue weighted by Crippen LogP contribution is 2.45. The molecule has 1 aliphatic rings. The molecule has 0 aromatic heterocycles. The van der Waals surface area contributed by atoms with E-state index in [9.17, 15) is 9.59 Å². The van der Waals surface area contributed by atoms with Crippen LogP contribution in [0.4, 0.5) is 0 Å². The first-order valence-corrected chi connectivity index (χ1v) is 3.79. The van der Waals surface area contributed by atoms with Crippen LogP contribution in [0, 0.1) is 5.41 Å². The number of carbonyl (C=O) groups is 2. The van der Waals surface area contributed by atoms with Crippen LogP contribution in [0.5, 0.6) is 0 Å². The summed E-state index contributed by atoms with van der Waals surface area (Å²) in [6.07, 6.45) is 0.907. The molecule has 0 unspecified atom stereocenters. The lowest BCUT2D eigenvalue weighted by Gasteiger charge is -2.38. The van der Waals surface area contributed by atoms with Gasteiger partial charge in [-0.05, 0) is 19.8 Å². The van der Waals surface area contributed by atoms with Crippen molar-refractivity contribution in [2.24, 2.45) is 5.41 Å². The van der Waals surface area contributed by atoms with E-state index >= 15 is 0 Å². The molecule has 1 rings (SSSR count). The van der Waals surface area contributed by atoms with Gasteiger partial charge in [-0.25, -0.2) is 0 Å². The summed E-state index contributed by atoms with van der Waals surface area (Å²) in [6.45, 7) is 5.11. The Bertz CT molecular complexity index is 244. The van der Waals surface area contributed by atoms with Crippen molar-refractivity contribution in [3.05, 3.63) is 12.2 Å². The Morgan fingerprint density at radius 2 is 2.00 bits per heavy atom. The molecule has 1 saturated carbocycles. The Labute approximate surface area is 71.4 Å². The Kier molecular flexibility index (Phi) is 2.04. The highest BCUT2D eigenvalue weighted by Gasteiger charge is 2.51. The van der Waals surface area contributed by atoms with Gasteiger partial charge in [-0.2, -0.15) is 0 Å². The van der Waals surface area contributed by atoms with Crippen molar-refractivity contribution in [1.82, 2.24) is 0 Å². The number of allylic oxidation sites excluding steroid dienone is 1. The lowest BCUT2D eigenvalue weighted by molar-refractivity contribution is -0.160. The van der Waals surface area contributed by atoms with Gasteiger partial charge in [0, 0.05) is 0 Å². The molecule has 0 radical (unpaired) electrons. The van der Waals surface area contributed by atoms with Gasteiger partial charge in [0.05, 0.1) is 7.11 Å². The van der Waals surface area contributed by atoms with Crippen LogP contribution in [0.1, 0.15) is 19.8 Å². The van der Waals surface area contributed by atoms with Crippen LogP contribution in [-0.2, 0) is 14.3 Å². The van der Waals surface area contributed by atoms with E-state index in [4.69, 9.17) is 0 Å². The number of hydrogen-bond acceptors (Lipinski definition) is 3. The van der Waals surface area contributed by atoms with Crippen molar-refractivity contribution >= 4 is 11.8 Å². The Hall–Kier alpha value is -1.12. The molecule has 0 atom stereocenters. The van der Waals surface area contributed by atoms with Crippen LogP contribution in [0.25, 0.3) is 0 Å². The van der Waals surface area contributed by atoms with Gasteiger partial charge >= 0.3 is 5.97 Å². The van der Waals surface area contributed by atoms with Crippen LogP contribution >= 0.6 is 0 Å². The first kappa shape index (κ1) is 8.97. The fourth-order valence-corrected chi connectivity index (χ4v) is 1.53. The van der Waals surface area contributed by atoms with Gasteiger partial charge in [0.15, 0.2) is 0 Å². The number of hydrogen-bond donors (Lipinski definition) is 0. The van der Waals surface area contributed by atoms with E-state index in [0.717, 1.165) is 5.57 Å². The molecule has 3 heteroatoms. The Morgan fingerprint density at radius 3 is 2.25 bits per heavy atom. The van der Waals surface area contributed by atoms with Crippen LogP contribution in [0.15, 0.2) is 12.2 Å². The maximum Gasteiger partial charge on any atom is 0.320 e. The normalized spacial score (nSPS) is 19.7. The number of esters is 1. The van der Waals surface area contributed by atoms with Crippen molar-refractivity contribution in [3.8, 4) is 0 Å². The minimum atomic E-state index is -0.897. The lowest BCUT2D eigenvalue weighted by atomic mass is 9.64. The molecular weight excluding hydrogens is 156 g/mol. The van der Waals surface area contributed by atoms with E-state index in [-0.39, 0.29) is 5.78 Å². The van der Waals surface area contributed by atoms with E-state index in [1.165, 1.54) is 14.0 Å². The summed E-state index contributed by atoms with van der Waals surface area (Å²) in [7, 11) is 1.30. The molecule has 0 aliphatic heterocycles. The predicted octanol–water partition coefficient (Wildman–Crippen LogP) is 1.08. The molecule has 0 bridgehead atoms. The molecule has 0 amide bonds. The zero-order valence-corrected chi connectivity index (χ0v) is 7.35. The van der Waals surface area contributed by atoms with Gasteiger partial charge in [-0.1, -0.05) is 12.2 Å². The van der Waals surface area contributed by atoms with Gasteiger partial charge in [0.1, 0.15) is 11.2 Å². The highest BCUT2D eigenvalue weighted by atomic mass is 16.5. The average Bonchev–Trinajstić information content (AvgIpc) is 1.96. The van der Waals surface area contributed by atoms with E-state index < -0.39 is 11.4 Å². The molecule has 66 valence electrons. The van der Waals surface area contributed by atoms with E-state index in [1.807, 2.05) is 0 Å². The maximum absolute atomic E-state index is 11.2. The van der Waals surface area contributed by atoms with Crippen LogP contribution in [0.3, 0.4) is 0 Å². The third-order valence-corrected chi connectivity index (χ3v) is 2.35. The quantitative estimate of drug-likeness (QED) is 0.352. The van der Waals surface area contributed by atoms with Crippen molar-refractivity contribution in [3.63, 3.8) is 0 Å². The van der Waals surface area contributed by atoms with Crippen molar-refractivity contribution in [2.45, 2.75) is 19.8 Å². The summed E-state index contributed by atoms with van der Waals surface area (Å²) in [4.78, 5) is 22.4. The summed E-state index contributed by atoms with van der Waals surface area (Å²) in [5, 5.41) is 0. The number of rotatable bonds is 2. The average molecular weight is 168 g/mol. The fourth-order valence-electron chi connectivity index (χ4n) is 1.53. The zero-order valence-electron chi connectivity index (χ0n) is 7.35. The van der Waals surface area contributed by atoms with Crippen LogP contribution in [0.2, 0.25) is 0 Å². The first-order chi connectivity index (χ1) is 5.53. The number of ether oxygens (including phenoxy) is 1. The van der Waals surface area contributed by atoms with Crippen LogP contribution in [-0.4, -0.2) is 18.9 Å². The maximum atomic E-state index is 11.2. The molecule has 1 aliphatic carbocycles. The molecule has 12 heavy (non-hydrogen) atoms. The third-order valence-electron chi connectivity index (χ3n) is 2.35. The molecule has 0 spiro atoms. The highest BCUT2D eigenvalue weighted by molar-refractivity contribution is 6.04. The number of Topliss-reactive ketones (excluding diaryl/α,β-unsaturated/α-hetero) is 1. The Morgan fingerprint density at radius 1 is 1.50 bits per heavy atom. The molecule has 0 heterocycles. The minimum absolute atomic E-state index is 0.123.